The fourth-order valence-corrected chi connectivity index (χ4v) is 3.49. The lowest BCUT2D eigenvalue weighted by Crippen LogP contribution is -2.42. The van der Waals surface area contributed by atoms with Crippen LogP contribution in [0.5, 0.6) is 0 Å². The summed E-state index contributed by atoms with van der Waals surface area (Å²) in [5, 5.41) is 4.81. The fraction of sp³-hybridized carbons (Fsp3) is 0.227. The average molecular weight is 343 g/mol. The van der Waals surface area contributed by atoms with Gasteiger partial charge in [-0.1, -0.05) is 36.3 Å². The molecule has 0 spiro atoms. The summed E-state index contributed by atoms with van der Waals surface area (Å²) in [5.41, 5.74) is 3.69. The molecule has 0 bridgehead atoms. The molecule has 0 aliphatic carbocycles. The first-order chi connectivity index (χ1) is 12.7. The molecule has 0 atom stereocenters. The number of nitrogens with zero attached hydrogens (tertiary/aromatic N) is 1. The van der Waals surface area contributed by atoms with Gasteiger partial charge in [0.25, 0.3) is 5.56 Å². The lowest BCUT2D eigenvalue weighted by molar-refractivity contribution is 0.233. The number of H-pyrrole nitrogens is 1. The SMILES string of the molecule is C#Cc1cccc2c(=O)[nH]c(-c3ccc(CN4CCNCC4)cc3)cc12. The Morgan fingerprint density at radius 1 is 1.04 bits per heavy atom. The number of hydrogen-bond acceptors (Lipinski definition) is 3. The monoisotopic (exact) mass is 343 g/mol. The number of piperazine rings is 1. The van der Waals surface area contributed by atoms with Crippen LogP contribution >= 0.6 is 0 Å². The highest BCUT2D eigenvalue weighted by atomic mass is 16.1. The van der Waals surface area contributed by atoms with Gasteiger partial charge in [-0.2, -0.15) is 0 Å². The molecule has 0 amide bonds. The number of nitrogens with one attached hydrogen (secondary N) is 2. The molecule has 4 heteroatoms. The summed E-state index contributed by atoms with van der Waals surface area (Å²) in [6, 6.07) is 15.8. The Labute approximate surface area is 152 Å². The van der Waals surface area contributed by atoms with Crippen molar-refractivity contribution in [2.45, 2.75) is 6.54 Å². The fourth-order valence-electron chi connectivity index (χ4n) is 3.49. The lowest BCUT2D eigenvalue weighted by Gasteiger charge is -2.27. The van der Waals surface area contributed by atoms with Crippen LogP contribution in [0.2, 0.25) is 0 Å². The first kappa shape index (κ1) is 16.6. The molecule has 3 aromatic rings. The van der Waals surface area contributed by atoms with Crippen LogP contribution in [0.15, 0.2) is 53.3 Å². The van der Waals surface area contributed by atoms with E-state index < -0.39 is 0 Å². The van der Waals surface area contributed by atoms with Crippen molar-refractivity contribution in [3.63, 3.8) is 0 Å². The highest BCUT2D eigenvalue weighted by Gasteiger charge is 2.10. The van der Waals surface area contributed by atoms with Gasteiger partial charge in [-0.3, -0.25) is 9.69 Å². The maximum Gasteiger partial charge on any atom is 0.256 e. The Morgan fingerprint density at radius 3 is 2.54 bits per heavy atom. The largest absolute Gasteiger partial charge is 0.321 e. The zero-order chi connectivity index (χ0) is 17.9. The zero-order valence-corrected chi connectivity index (χ0v) is 14.6. The van der Waals surface area contributed by atoms with Crippen LogP contribution in [0, 0.1) is 12.3 Å². The van der Waals surface area contributed by atoms with Crippen molar-refractivity contribution in [2.75, 3.05) is 26.2 Å². The van der Waals surface area contributed by atoms with Crippen LogP contribution in [0.1, 0.15) is 11.1 Å². The van der Waals surface area contributed by atoms with E-state index in [0.29, 0.717) is 5.39 Å². The number of aromatic amines is 1. The Bertz CT molecular complexity index is 1020. The van der Waals surface area contributed by atoms with E-state index in [1.54, 1.807) is 6.07 Å². The molecule has 0 unspecified atom stereocenters. The van der Waals surface area contributed by atoms with Crippen molar-refractivity contribution in [1.29, 1.82) is 0 Å². The molecule has 4 rings (SSSR count). The number of pyridine rings is 1. The molecular formula is C22H21N3O. The van der Waals surface area contributed by atoms with Crippen molar-refractivity contribution in [1.82, 2.24) is 15.2 Å². The van der Waals surface area contributed by atoms with Gasteiger partial charge in [0.1, 0.15) is 0 Å². The molecule has 26 heavy (non-hydrogen) atoms. The third kappa shape index (κ3) is 3.28. The minimum Gasteiger partial charge on any atom is -0.321 e. The third-order valence-corrected chi connectivity index (χ3v) is 4.92. The summed E-state index contributed by atoms with van der Waals surface area (Å²) in [6.07, 6.45) is 5.59. The molecule has 1 aromatic heterocycles. The number of rotatable bonds is 3. The molecular weight excluding hydrogens is 322 g/mol. The molecule has 2 aromatic carbocycles. The second-order valence-corrected chi connectivity index (χ2v) is 6.65. The van der Waals surface area contributed by atoms with Gasteiger partial charge in [-0.25, -0.2) is 0 Å². The van der Waals surface area contributed by atoms with E-state index in [1.807, 2.05) is 18.2 Å². The molecule has 4 nitrogen and oxygen atoms in total. The summed E-state index contributed by atoms with van der Waals surface area (Å²) in [7, 11) is 0. The van der Waals surface area contributed by atoms with Gasteiger partial charge in [0.05, 0.1) is 0 Å². The normalized spacial score (nSPS) is 15.0. The van der Waals surface area contributed by atoms with E-state index >= 15 is 0 Å². The van der Waals surface area contributed by atoms with Gasteiger partial charge < -0.3 is 10.3 Å². The molecule has 2 heterocycles. The van der Waals surface area contributed by atoms with Crippen molar-refractivity contribution in [3.8, 4) is 23.6 Å². The lowest BCUT2D eigenvalue weighted by atomic mass is 10.0. The number of hydrogen-bond donors (Lipinski definition) is 2. The van der Waals surface area contributed by atoms with E-state index in [1.165, 1.54) is 5.56 Å². The smallest absolute Gasteiger partial charge is 0.256 e. The summed E-state index contributed by atoms with van der Waals surface area (Å²) < 4.78 is 0. The topological polar surface area (TPSA) is 48.1 Å². The van der Waals surface area contributed by atoms with E-state index in [9.17, 15) is 4.79 Å². The predicted molar refractivity (Wildman–Crippen MR) is 106 cm³/mol. The van der Waals surface area contributed by atoms with Gasteiger partial charge in [0.2, 0.25) is 0 Å². The second-order valence-electron chi connectivity index (χ2n) is 6.65. The van der Waals surface area contributed by atoms with Crippen LogP contribution in [-0.4, -0.2) is 36.1 Å². The zero-order valence-electron chi connectivity index (χ0n) is 14.6. The summed E-state index contributed by atoms with van der Waals surface area (Å²) in [6.45, 7) is 5.21. The van der Waals surface area contributed by atoms with Crippen LogP contribution in [0.4, 0.5) is 0 Å². The predicted octanol–water partition coefficient (Wildman–Crippen LogP) is 2.58. The van der Waals surface area contributed by atoms with E-state index in [0.717, 1.165) is 54.9 Å². The van der Waals surface area contributed by atoms with Gasteiger partial charge >= 0.3 is 0 Å². The molecule has 2 N–H and O–H groups in total. The van der Waals surface area contributed by atoms with Crippen LogP contribution < -0.4 is 10.9 Å². The molecule has 1 aliphatic heterocycles. The Kier molecular flexibility index (Phi) is 4.57. The molecule has 1 aliphatic rings. The molecule has 0 radical (unpaired) electrons. The average Bonchev–Trinajstić information content (AvgIpc) is 2.69. The highest BCUT2D eigenvalue weighted by Crippen LogP contribution is 2.23. The molecule has 0 saturated carbocycles. The van der Waals surface area contributed by atoms with Gasteiger partial charge in [0.15, 0.2) is 0 Å². The maximum absolute atomic E-state index is 12.4. The Hall–Kier alpha value is -2.87. The van der Waals surface area contributed by atoms with Gasteiger partial charge in [-0.15, -0.1) is 6.42 Å². The number of benzene rings is 2. The quantitative estimate of drug-likeness (QED) is 0.719. The highest BCUT2D eigenvalue weighted by molar-refractivity contribution is 5.90. The first-order valence-corrected chi connectivity index (χ1v) is 8.89. The van der Waals surface area contributed by atoms with Crippen molar-refractivity contribution in [3.05, 3.63) is 70.0 Å². The van der Waals surface area contributed by atoms with Crippen molar-refractivity contribution < 1.29 is 0 Å². The van der Waals surface area contributed by atoms with Crippen LogP contribution in [-0.2, 0) is 6.54 Å². The number of fused-ring (bicyclic) bond motifs is 1. The minimum absolute atomic E-state index is 0.112. The van der Waals surface area contributed by atoms with Gasteiger partial charge in [0, 0.05) is 54.8 Å². The molecule has 130 valence electrons. The van der Waals surface area contributed by atoms with E-state index in [4.69, 9.17) is 6.42 Å². The van der Waals surface area contributed by atoms with Crippen molar-refractivity contribution >= 4 is 10.8 Å². The first-order valence-electron chi connectivity index (χ1n) is 8.89. The Balaban J connectivity index is 1.65. The summed E-state index contributed by atoms with van der Waals surface area (Å²) >= 11 is 0. The standard InChI is InChI=1S/C22H21N3O/c1-2-17-4-3-5-19-20(17)14-21(24-22(19)26)18-8-6-16(7-9-18)15-25-12-10-23-11-13-25/h1,3-9,14,23H,10-13,15H2,(H,24,26). The second kappa shape index (κ2) is 7.17. The van der Waals surface area contributed by atoms with Crippen LogP contribution in [0.3, 0.4) is 0 Å². The van der Waals surface area contributed by atoms with Gasteiger partial charge in [-0.05, 0) is 29.3 Å². The number of aromatic nitrogens is 1. The third-order valence-electron chi connectivity index (χ3n) is 4.92. The maximum atomic E-state index is 12.4. The number of terminal acetylenes is 1. The van der Waals surface area contributed by atoms with E-state index in [-0.39, 0.29) is 5.56 Å². The van der Waals surface area contributed by atoms with Crippen molar-refractivity contribution in [2.24, 2.45) is 0 Å². The molecule has 1 saturated heterocycles. The molecule has 1 fully saturated rings. The van der Waals surface area contributed by atoms with Crippen LogP contribution in [0.25, 0.3) is 22.0 Å². The summed E-state index contributed by atoms with van der Waals surface area (Å²) in [4.78, 5) is 17.9. The minimum atomic E-state index is -0.112. The van der Waals surface area contributed by atoms with E-state index in [2.05, 4.69) is 45.4 Å². The summed E-state index contributed by atoms with van der Waals surface area (Å²) in [5.74, 6) is 2.67. The Morgan fingerprint density at radius 2 is 1.81 bits per heavy atom.